The van der Waals surface area contributed by atoms with Gasteiger partial charge in [0.1, 0.15) is 11.9 Å². The number of benzene rings is 1. The van der Waals surface area contributed by atoms with Crippen LogP contribution in [0, 0.1) is 0 Å². The van der Waals surface area contributed by atoms with Gasteiger partial charge in [0.2, 0.25) is 0 Å². The Morgan fingerprint density at radius 2 is 2.07 bits per heavy atom. The van der Waals surface area contributed by atoms with Crippen LogP contribution in [0.15, 0.2) is 29.1 Å². The van der Waals surface area contributed by atoms with Crippen LogP contribution >= 0.6 is 0 Å². The number of nitrogens with one attached hydrogen (secondary N) is 1. The third-order valence-electron chi connectivity index (χ3n) is 5.41. The highest BCUT2D eigenvalue weighted by Crippen LogP contribution is 2.20. The first kappa shape index (κ1) is 18.0. The summed E-state index contributed by atoms with van der Waals surface area (Å²) < 4.78 is 10.7. The van der Waals surface area contributed by atoms with E-state index in [1.165, 1.54) is 0 Å². The molecule has 2 fully saturated rings. The van der Waals surface area contributed by atoms with E-state index >= 15 is 0 Å². The summed E-state index contributed by atoms with van der Waals surface area (Å²) in [6.07, 6.45) is 1.54. The minimum absolute atomic E-state index is 0.0754. The summed E-state index contributed by atoms with van der Waals surface area (Å²) >= 11 is 0. The Morgan fingerprint density at radius 1 is 1.26 bits per heavy atom. The summed E-state index contributed by atoms with van der Waals surface area (Å²) in [4.78, 5) is 31.9. The van der Waals surface area contributed by atoms with E-state index in [0.717, 1.165) is 48.1 Å². The van der Waals surface area contributed by atoms with Gasteiger partial charge in [0, 0.05) is 51.0 Å². The predicted molar refractivity (Wildman–Crippen MR) is 102 cm³/mol. The number of pyridine rings is 1. The van der Waals surface area contributed by atoms with E-state index in [9.17, 15) is 9.59 Å². The summed E-state index contributed by atoms with van der Waals surface area (Å²) in [5.41, 5.74) is 1.44. The number of ether oxygens (including phenoxy) is 2. The van der Waals surface area contributed by atoms with Crippen LogP contribution in [0.4, 0.5) is 0 Å². The molecular weight excluding hydrogens is 346 g/mol. The number of hydrogen-bond acceptors (Lipinski definition) is 5. The molecule has 0 radical (unpaired) electrons. The molecule has 2 aliphatic heterocycles. The molecule has 4 rings (SSSR count). The van der Waals surface area contributed by atoms with Crippen molar-refractivity contribution in [1.29, 1.82) is 0 Å². The van der Waals surface area contributed by atoms with Gasteiger partial charge >= 0.3 is 0 Å². The van der Waals surface area contributed by atoms with Gasteiger partial charge < -0.3 is 19.4 Å². The van der Waals surface area contributed by atoms with Crippen LogP contribution in [0.5, 0.6) is 5.75 Å². The molecule has 7 nitrogen and oxygen atoms in total. The number of rotatable bonds is 4. The maximum absolute atomic E-state index is 12.4. The fraction of sp³-hybridized carbons (Fsp3) is 0.500. The van der Waals surface area contributed by atoms with Gasteiger partial charge in [-0.05, 0) is 36.4 Å². The monoisotopic (exact) mass is 371 g/mol. The largest absolute Gasteiger partial charge is 0.497 e. The fourth-order valence-corrected chi connectivity index (χ4v) is 3.81. The van der Waals surface area contributed by atoms with Crippen molar-refractivity contribution in [2.24, 2.45) is 0 Å². The number of H-pyrrole nitrogens is 1. The third kappa shape index (κ3) is 3.84. The van der Waals surface area contributed by atoms with Crippen molar-refractivity contribution in [2.75, 3.05) is 39.9 Å². The molecule has 1 atom stereocenters. The Labute approximate surface area is 157 Å². The molecule has 1 amide bonds. The van der Waals surface area contributed by atoms with Crippen LogP contribution in [0.2, 0.25) is 0 Å². The standard InChI is InChI=1S/C20H25N3O4/c1-26-16-5-4-14-11-15(19(24)21-17(14)12-16)13-22-6-8-23(9-7-22)20(25)18-3-2-10-27-18/h4-5,11-12,18H,2-3,6-10,13H2,1H3,(H,21,24). The second-order valence-electron chi connectivity index (χ2n) is 7.18. The van der Waals surface area contributed by atoms with Crippen LogP contribution in [-0.2, 0) is 16.1 Å². The topological polar surface area (TPSA) is 74.9 Å². The van der Waals surface area contributed by atoms with Gasteiger partial charge in [-0.2, -0.15) is 0 Å². The van der Waals surface area contributed by atoms with E-state index in [-0.39, 0.29) is 17.6 Å². The molecule has 3 heterocycles. The molecule has 0 saturated carbocycles. The number of nitrogens with zero attached hydrogens (tertiary/aromatic N) is 2. The van der Waals surface area contributed by atoms with Crippen molar-refractivity contribution in [1.82, 2.24) is 14.8 Å². The first-order valence-corrected chi connectivity index (χ1v) is 9.47. The highest BCUT2D eigenvalue weighted by atomic mass is 16.5. The molecule has 1 aromatic heterocycles. The smallest absolute Gasteiger partial charge is 0.252 e. The van der Waals surface area contributed by atoms with Crippen LogP contribution in [0.1, 0.15) is 18.4 Å². The zero-order valence-corrected chi connectivity index (χ0v) is 15.6. The van der Waals surface area contributed by atoms with E-state index in [4.69, 9.17) is 9.47 Å². The summed E-state index contributed by atoms with van der Waals surface area (Å²) in [7, 11) is 1.61. The van der Waals surface area contributed by atoms with Crippen molar-refractivity contribution in [3.8, 4) is 5.75 Å². The molecule has 0 spiro atoms. The summed E-state index contributed by atoms with van der Waals surface area (Å²) in [6, 6.07) is 7.61. The number of aromatic amines is 1. The number of hydrogen-bond donors (Lipinski definition) is 1. The lowest BCUT2D eigenvalue weighted by Gasteiger charge is -2.35. The van der Waals surface area contributed by atoms with Crippen LogP contribution in [0.25, 0.3) is 10.9 Å². The molecule has 144 valence electrons. The van der Waals surface area contributed by atoms with Crippen molar-refractivity contribution < 1.29 is 14.3 Å². The zero-order valence-electron chi connectivity index (χ0n) is 15.6. The quantitative estimate of drug-likeness (QED) is 0.878. The summed E-state index contributed by atoms with van der Waals surface area (Å²) in [5.74, 6) is 0.836. The number of piperazine rings is 1. The van der Waals surface area contributed by atoms with E-state index in [1.54, 1.807) is 7.11 Å². The van der Waals surface area contributed by atoms with Crippen molar-refractivity contribution in [3.63, 3.8) is 0 Å². The molecular formula is C20H25N3O4. The van der Waals surface area contributed by atoms with Gasteiger partial charge in [-0.25, -0.2) is 0 Å². The van der Waals surface area contributed by atoms with Crippen molar-refractivity contribution in [3.05, 3.63) is 40.2 Å². The predicted octanol–water partition coefficient (Wildman–Crippen LogP) is 1.36. The number of carbonyl (C=O) groups is 1. The Morgan fingerprint density at radius 3 is 2.78 bits per heavy atom. The lowest BCUT2D eigenvalue weighted by Crippen LogP contribution is -2.51. The second kappa shape index (κ2) is 7.70. The van der Waals surface area contributed by atoms with Gasteiger partial charge in [0.05, 0.1) is 12.6 Å². The average molecular weight is 371 g/mol. The normalized spacial score (nSPS) is 20.9. The van der Waals surface area contributed by atoms with Gasteiger partial charge in [0.15, 0.2) is 0 Å². The highest BCUT2D eigenvalue weighted by molar-refractivity contribution is 5.81. The summed E-state index contributed by atoms with van der Waals surface area (Å²) in [6.45, 7) is 4.16. The first-order valence-electron chi connectivity index (χ1n) is 9.47. The molecule has 0 aliphatic carbocycles. The number of aromatic nitrogens is 1. The number of carbonyl (C=O) groups excluding carboxylic acids is 1. The van der Waals surface area contributed by atoms with Crippen LogP contribution in [-0.4, -0.2) is 66.7 Å². The molecule has 0 bridgehead atoms. The minimum atomic E-state index is -0.253. The zero-order chi connectivity index (χ0) is 18.8. The van der Waals surface area contributed by atoms with Crippen molar-refractivity contribution >= 4 is 16.8 Å². The summed E-state index contributed by atoms with van der Waals surface area (Å²) in [5, 5.41) is 0.984. The number of amides is 1. The van der Waals surface area contributed by atoms with Crippen LogP contribution in [0.3, 0.4) is 0 Å². The lowest BCUT2D eigenvalue weighted by molar-refractivity contribution is -0.142. The van der Waals surface area contributed by atoms with E-state index in [0.29, 0.717) is 26.2 Å². The van der Waals surface area contributed by atoms with E-state index in [1.807, 2.05) is 29.2 Å². The fourth-order valence-electron chi connectivity index (χ4n) is 3.81. The van der Waals surface area contributed by atoms with E-state index in [2.05, 4.69) is 9.88 Å². The minimum Gasteiger partial charge on any atom is -0.497 e. The van der Waals surface area contributed by atoms with Gasteiger partial charge in [-0.15, -0.1) is 0 Å². The Bertz CT molecular complexity index is 880. The molecule has 2 aliphatic rings. The van der Waals surface area contributed by atoms with Gasteiger partial charge in [-0.3, -0.25) is 14.5 Å². The number of fused-ring (bicyclic) bond motifs is 1. The molecule has 7 heteroatoms. The van der Waals surface area contributed by atoms with E-state index < -0.39 is 0 Å². The lowest BCUT2D eigenvalue weighted by atomic mass is 10.1. The first-order chi connectivity index (χ1) is 13.1. The average Bonchev–Trinajstić information content (AvgIpc) is 3.23. The third-order valence-corrected chi connectivity index (χ3v) is 5.41. The molecule has 1 N–H and O–H groups in total. The van der Waals surface area contributed by atoms with Crippen molar-refractivity contribution in [2.45, 2.75) is 25.5 Å². The maximum atomic E-state index is 12.4. The number of methoxy groups -OCH3 is 1. The second-order valence-corrected chi connectivity index (χ2v) is 7.18. The maximum Gasteiger partial charge on any atom is 0.252 e. The SMILES string of the molecule is COc1ccc2cc(CN3CCN(C(=O)C4CCCO4)CC3)c(=O)[nH]c2c1. The molecule has 1 aromatic carbocycles. The Kier molecular flexibility index (Phi) is 5.13. The molecule has 2 saturated heterocycles. The molecule has 1 unspecified atom stereocenters. The van der Waals surface area contributed by atoms with Gasteiger partial charge in [-0.1, -0.05) is 0 Å². The molecule has 2 aromatic rings. The molecule has 27 heavy (non-hydrogen) atoms. The van der Waals surface area contributed by atoms with Gasteiger partial charge in [0.25, 0.3) is 11.5 Å². The van der Waals surface area contributed by atoms with Crippen LogP contribution < -0.4 is 10.3 Å². The highest BCUT2D eigenvalue weighted by Gasteiger charge is 2.30. The Balaban J connectivity index is 1.40. The Hall–Kier alpha value is -2.38.